The zero-order chi connectivity index (χ0) is 14.8. The Kier molecular flexibility index (Phi) is 2.98. The first-order valence-electron chi connectivity index (χ1n) is 8.32. The molecule has 0 aliphatic heterocycles. The van der Waals surface area contributed by atoms with Gasteiger partial charge in [0.1, 0.15) is 6.29 Å². The lowest BCUT2D eigenvalue weighted by Crippen LogP contribution is -2.65. The monoisotopic (exact) mass is 278 g/mol. The summed E-state index contributed by atoms with van der Waals surface area (Å²) in [5, 5.41) is 8.98. The van der Waals surface area contributed by atoms with E-state index in [0.29, 0.717) is 22.9 Å². The first kappa shape index (κ1) is 14.6. The SMILES string of the molecule is CC(C)C12CC(C=O)(C1)C2.CC(C)C12CC(CO)(C1)C2. The van der Waals surface area contributed by atoms with Crippen LogP contribution < -0.4 is 0 Å². The summed E-state index contributed by atoms with van der Waals surface area (Å²) in [6, 6.07) is 0. The molecule has 0 aromatic rings. The molecule has 2 nitrogen and oxygen atoms in total. The molecule has 0 radical (unpaired) electrons. The maximum Gasteiger partial charge on any atom is 0.126 e. The lowest BCUT2D eigenvalue weighted by Gasteiger charge is -2.72. The van der Waals surface area contributed by atoms with Gasteiger partial charge in [-0.1, -0.05) is 27.7 Å². The van der Waals surface area contributed by atoms with E-state index in [1.54, 1.807) is 0 Å². The third kappa shape index (κ3) is 1.70. The number of carbonyl (C=O) groups excluding carboxylic acids is 1. The van der Waals surface area contributed by atoms with Crippen molar-refractivity contribution in [3.05, 3.63) is 0 Å². The zero-order valence-electron chi connectivity index (χ0n) is 13.5. The van der Waals surface area contributed by atoms with Crippen molar-refractivity contribution < 1.29 is 9.90 Å². The van der Waals surface area contributed by atoms with E-state index in [0.717, 1.165) is 11.8 Å². The summed E-state index contributed by atoms with van der Waals surface area (Å²) in [4.78, 5) is 10.5. The molecule has 4 bridgehead atoms. The number of hydrogen-bond acceptors (Lipinski definition) is 2. The molecule has 6 aliphatic carbocycles. The molecule has 6 aliphatic rings. The Morgan fingerprint density at radius 1 is 0.900 bits per heavy atom. The van der Waals surface area contributed by atoms with Crippen LogP contribution in [0.2, 0.25) is 0 Å². The fraction of sp³-hybridized carbons (Fsp3) is 0.944. The van der Waals surface area contributed by atoms with Crippen LogP contribution in [0.3, 0.4) is 0 Å². The number of aliphatic hydroxyl groups is 1. The molecular weight excluding hydrogens is 248 g/mol. The van der Waals surface area contributed by atoms with Crippen molar-refractivity contribution in [2.75, 3.05) is 6.61 Å². The molecule has 0 heterocycles. The van der Waals surface area contributed by atoms with Gasteiger partial charge in [0.25, 0.3) is 0 Å². The second-order valence-electron chi connectivity index (χ2n) is 9.23. The van der Waals surface area contributed by atoms with E-state index in [1.807, 2.05) is 0 Å². The van der Waals surface area contributed by atoms with Crippen molar-refractivity contribution >= 4 is 6.29 Å². The number of hydrogen-bond donors (Lipinski definition) is 1. The standard InChI is InChI=1S/C9H16O.C9H14O/c2*1-7(2)9-3-8(4-9,5-9)6-10/h7,10H,3-6H2,1-2H3;6-7H,3-5H2,1-2H3. The van der Waals surface area contributed by atoms with Crippen LogP contribution in [0, 0.1) is 33.5 Å². The highest BCUT2D eigenvalue weighted by molar-refractivity contribution is 5.66. The molecule has 0 aromatic carbocycles. The van der Waals surface area contributed by atoms with Crippen LogP contribution in [0.1, 0.15) is 66.2 Å². The highest BCUT2D eigenvalue weighted by Gasteiger charge is 2.69. The van der Waals surface area contributed by atoms with Crippen LogP contribution in [0.4, 0.5) is 0 Å². The van der Waals surface area contributed by atoms with Gasteiger partial charge in [0.05, 0.1) is 0 Å². The Morgan fingerprint density at radius 3 is 1.60 bits per heavy atom. The largest absolute Gasteiger partial charge is 0.396 e. The van der Waals surface area contributed by atoms with Crippen molar-refractivity contribution in [1.82, 2.24) is 0 Å². The highest BCUT2D eigenvalue weighted by atomic mass is 16.3. The minimum atomic E-state index is 0.171. The number of carbonyl (C=O) groups is 1. The summed E-state index contributed by atoms with van der Waals surface area (Å²) in [6.45, 7) is 9.59. The van der Waals surface area contributed by atoms with Crippen molar-refractivity contribution in [2.45, 2.75) is 66.2 Å². The molecule has 0 unspecified atom stereocenters. The van der Waals surface area contributed by atoms with E-state index < -0.39 is 0 Å². The molecule has 0 amide bonds. The van der Waals surface area contributed by atoms with E-state index in [1.165, 1.54) is 44.8 Å². The third-order valence-electron chi connectivity index (χ3n) is 7.33. The van der Waals surface area contributed by atoms with Crippen LogP contribution >= 0.6 is 0 Å². The summed E-state index contributed by atoms with van der Waals surface area (Å²) in [7, 11) is 0. The molecule has 6 saturated carbocycles. The Morgan fingerprint density at radius 2 is 1.30 bits per heavy atom. The van der Waals surface area contributed by atoms with E-state index >= 15 is 0 Å². The average Bonchev–Trinajstić information content (AvgIpc) is 2.10. The molecular formula is C18H30O2. The van der Waals surface area contributed by atoms with Crippen LogP contribution in [-0.2, 0) is 4.79 Å². The van der Waals surface area contributed by atoms with Crippen LogP contribution in [-0.4, -0.2) is 18.0 Å². The third-order valence-corrected chi connectivity index (χ3v) is 7.33. The van der Waals surface area contributed by atoms with E-state index in [4.69, 9.17) is 5.11 Å². The second kappa shape index (κ2) is 4.09. The van der Waals surface area contributed by atoms with Gasteiger partial charge in [-0.05, 0) is 66.6 Å². The Bertz CT molecular complexity index is 382. The minimum Gasteiger partial charge on any atom is -0.396 e. The summed E-state index contributed by atoms with van der Waals surface area (Å²) < 4.78 is 0. The predicted octanol–water partition coefficient (Wildman–Crippen LogP) is 3.82. The molecule has 6 fully saturated rings. The van der Waals surface area contributed by atoms with Gasteiger partial charge in [0.15, 0.2) is 0 Å². The topological polar surface area (TPSA) is 37.3 Å². The lowest BCUT2D eigenvalue weighted by atomic mass is 9.32. The van der Waals surface area contributed by atoms with Crippen molar-refractivity contribution in [1.29, 1.82) is 0 Å². The van der Waals surface area contributed by atoms with E-state index in [9.17, 15) is 4.79 Å². The normalized spacial score (nSPS) is 50.1. The maximum absolute atomic E-state index is 10.5. The van der Waals surface area contributed by atoms with Gasteiger partial charge < -0.3 is 9.90 Å². The molecule has 0 aromatic heterocycles. The van der Waals surface area contributed by atoms with Crippen LogP contribution in [0.15, 0.2) is 0 Å². The maximum atomic E-state index is 10.5. The van der Waals surface area contributed by atoms with Crippen molar-refractivity contribution in [3.8, 4) is 0 Å². The molecule has 0 saturated heterocycles. The van der Waals surface area contributed by atoms with Crippen molar-refractivity contribution in [2.24, 2.45) is 33.5 Å². The first-order chi connectivity index (χ1) is 9.25. The molecule has 114 valence electrons. The molecule has 2 heteroatoms. The Hall–Kier alpha value is -0.370. The van der Waals surface area contributed by atoms with Crippen molar-refractivity contribution in [3.63, 3.8) is 0 Å². The predicted molar refractivity (Wildman–Crippen MR) is 80.3 cm³/mol. The Balaban J connectivity index is 0.000000121. The summed E-state index contributed by atoms with van der Waals surface area (Å²) >= 11 is 0. The van der Waals surface area contributed by atoms with Crippen LogP contribution in [0.25, 0.3) is 0 Å². The average molecular weight is 278 g/mol. The van der Waals surface area contributed by atoms with Gasteiger partial charge in [-0.2, -0.15) is 0 Å². The first-order valence-corrected chi connectivity index (χ1v) is 8.32. The minimum absolute atomic E-state index is 0.171. The number of aldehydes is 1. The fourth-order valence-corrected chi connectivity index (χ4v) is 5.55. The number of rotatable bonds is 4. The second-order valence-corrected chi connectivity index (χ2v) is 9.23. The summed E-state index contributed by atoms with van der Waals surface area (Å²) in [5.74, 6) is 1.62. The summed E-state index contributed by atoms with van der Waals surface area (Å²) in [6.07, 6.45) is 8.62. The highest BCUT2D eigenvalue weighted by Crippen LogP contribution is 2.76. The van der Waals surface area contributed by atoms with Gasteiger partial charge >= 0.3 is 0 Å². The van der Waals surface area contributed by atoms with Gasteiger partial charge in [0, 0.05) is 12.0 Å². The zero-order valence-corrected chi connectivity index (χ0v) is 13.5. The fourth-order valence-electron chi connectivity index (χ4n) is 5.55. The van der Waals surface area contributed by atoms with Gasteiger partial charge in [-0.25, -0.2) is 0 Å². The molecule has 0 spiro atoms. The quantitative estimate of drug-likeness (QED) is 0.794. The summed E-state index contributed by atoms with van der Waals surface area (Å²) in [5.41, 5.74) is 1.85. The van der Waals surface area contributed by atoms with Gasteiger partial charge in [-0.3, -0.25) is 0 Å². The molecule has 0 atom stereocenters. The Labute approximate surface area is 123 Å². The molecule has 1 N–H and O–H groups in total. The lowest BCUT2D eigenvalue weighted by molar-refractivity contribution is -0.245. The van der Waals surface area contributed by atoms with Gasteiger partial charge in [-0.15, -0.1) is 0 Å². The number of aliphatic hydroxyl groups excluding tert-OH is 1. The van der Waals surface area contributed by atoms with E-state index in [-0.39, 0.29) is 5.41 Å². The van der Waals surface area contributed by atoms with E-state index in [2.05, 4.69) is 27.7 Å². The van der Waals surface area contributed by atoms with Crippen LogP contribution in [0.5, 0.6) is 0 Å². The molecule has 20 heavy (non-hydrogen) atoms. The smallest absolute Gasteiger partial charge is 0.126 e. The van der Waals surface area contributed by atoms with Gasteiger partial charge in [0.2, 0.25) is 0 Å². The molecule has 6 rings (SSSR count).